The number of anilines is 1. The summed E-state index contributed by atoms with van der Waals surface area (Å²) in [4.78, 5) is 17.8. The number of aromatic nitrogens is 2. The first-order chi connectivity index (χ1) is 5.77. The van der Waals surface area contributed by atoms with Crippen molar-refractivity contribution in [3.8, 4) is 11.3 Å². The number of benzene rings is 1. The molecule has 0 aromatic rings. The van der Waals surface area contributed by atoms with E-state index in [0.29, 0.717) is 11.5 Å². The van der Waals surface area contributed by atoms with Crippen molar-refractivity contribution in [1.29, 1.82) is 0 Å². The molecule has 0 radical (unpaired) electrons. The highest BCUT2D eigenvalue weighted by Gasteiger charge is 2.04. The van der Waals surface area contributed by atoms with Crippen LogP contribution in [0.15, 0.2) is 29.2 Å². The number of nitrogens with two attached hydrogens (primary N) is 1. The largest absolute Gasteiger partial charge is 0.369 e. The van der Waals surface area contributed by atoms with Crippen LogP contribution in [0, 0.1) is 0 Å². The molecular weight excluding hydrogens is 154 g/mol. The van der Waals surface area contributed by atoms with E-state index in [9.17, 15) is 4.79 Å². The number of nitrogen functional groups attached to an aromatic ring is 1. The van der Waals surface area contributed by atoms with Crippen LogP contribution in [0.25, 0.3) is 11.3 Å². The van der Waals surface area contributed by atoms with Crippen LogP contribution in [0.3, 0.4) is 0 Å². The lowest BCUT2D eigenvalue weighted by Crippen LogP contribution is -2.07. The van der Waals surface area contributed by atoms with Crippen molar-refractivity contribution in [3.63, 3.8) is 0 Å². The van der Waals surface area contributed by atoms with Crippen LogP contribution in [0.5, 0.6) is 0 Å². The van der Waals surface area contributed by atoms with Gasteiger partial charge in [0.05, 0.1) is 11.3 Å². The van der Waals surface area contributed by atoms with E-state index in [1.54, 1.807) is 12.1 Å². The summed E-state index contributed by atoms with van der Waals surface area (Å²) in [5, 5.41) is 0. The highest BCUT2D eigenvalue weighted by molar-refractivity contribution is 5.60. The Labute approximate surface area is 68.4 Å². The zero-order valence-electron chi connectivity index (χ0n) is 6.24. The van der Waals surface area contributed by atoms with Crippen LogP contribution in [-0.2, 0) is 0 Å². The monoisotopic (exact) mass is 161 g/mol. The van der Waals surface area contributed by atoms with Gasteiger partial charge in [-0.2, -0.15) is 0 Å². The lowest BCUT2D eigenvalue weighted by atomic mass is 10.1. The topological polar surface area (TPSA) is 71.8 Å². The molecule has 60 valence electrons. The van der Waals surface area contributed by atoms with Gasteiger partial charge in [-0.05, 0) is 12.1 Å². The second-order valence-corrected chi connectivity index (χ2v) is 2.49. The van der Waals surface area contributed by atoms with Gasteiger partial charge in [-0.15, -0.1) is 0 Å². The summed E-state index contributed by atoms with van der Waals surface area (Å²) in [6, 6.07) is 4.96. The van der Waals surface area contributed by atoms with Gasteiger partial charge >= 0.3 is 0 Å². The van der Waals surface area contributed by atoms with E-state index in [1.165, 1.54) is 12.3 Å². The van der Waals surface area contributed by atoms with E-state index in [-0.39, 0.29) is 5.43 Å². The van der Waals surface area contributed by atoms with E-state index in [2.05, 4.69) is 9.97 Å². The lowest BCUT2D eigenvalue weighted by molar-refractivity contribution is 1.18. The SMILES string of the molecule is Nc1ncc2c(=O)cccc-2[nH]1. The molecule has 4 heteroatoms. The van der Waals surface area contributed by atoms with Crippen LogP contribution in [0.2, 0.25) is 0 Å². The zero-order chi connectivity index (χ0) is 8.55. The van der Waals surface area contributed by atoms with Crippen LogP contribution in [-0.4, -0.2) is 9.97 Å². The van der Waals surface area contributed by atoms with E-state index in [4.69, 9.17) is 5.73 Å². The summed E-state index contributed by atoms with van der Waals surface area (Å²) >= 11 is 0. The number of rotatable bonds is 0. The quantitative estimate of drug-likeness (QED) is 0.589. The molecular formula is C8H7N3O. The summed E-state index contributed by atoms with van der Waals surface area (Å²) in [6.45, 7) is 0. The summed E-state index contributed by atoms with van der Waals surface area (Å²) < 4.78 is 0. The number of fused-ring (bicyclic) bond motifs is 1. The number of H-pyrrole nitrogens is 1. The predicted molar refractivity (Wildman–Crippen MR) is 45.9 cm³/mol. The second kappa shape index (κ2) is 2.34. The highest BCUT2D eigenvalue weighted by atomic mass is 16.1. The molecule has 0 unspecified atom stereocenters. The van der Waals surface area contributed by atoms with Crippen molar-refractivity contribution < 1.29 is 0 Å². The summed E-state index contributed by atoms with van der Waals surface area (Å²) in [5.41, 5.74) is 6.64. The molecule has 0 atom stereocenters. The Morgan fingerprint density at radius 2 is 2.25 bits per heavy atom. The molecule has 0 spiro atoms. The zero-order valence-corrected chi connectivity index (χ0v) is 6.24. The summed E-state index contributed by atoms with van der Waals surface area (Å²) in [6.07, 6.45) is 1.48. The van der Waals surface area contributed by atoms with Gasteiger partial charge in [0.2, 0.25) is 0 Å². The molecule has 12 heavy (non-hydrogen) atoms. The molecule has 0 saturated carbocycles. The predicted octanol–water partition coefficient (Wildman–Crippen LogP) is 0.457. The fourth-order valence-corrected chi connectivity index (χ4v) is 1.09. The van der Waals surface area contributed by atoms with Gasteiger partial charge in [0.25, 0.3) is 0 Å². The van der Waals surface area contributed by atoms with Gasteiger partial charge < -0.3 is 10.7 Å². The van der Waals surface area contributed by atoms with Crippen molar-refractivity contribution in [2.45, 2.75) is 0 Å². The lowest BCUT2D eigenvalue weighted by Gasteiger charge is -2.02. The maximum Gasteiger partial charge on any atom is 0.197 e. The maximum absolute atomic E-state index is 11.2. The highest BCUT2D eigenvalue weighted by Crippen LogP contribution is 2.12. The first-order valence-electron chi connectivity index (χ1n) is 3.51. The number of aromatic amines is 1. The Bertz CT molecular complexity index is 435. The maximum atomic E-state index is 11.2. The molecule has 4 nitrogen and oxygen atoms in total. The third-order valence-corrected chi connectivity index (χ3v) is 1.66. The minimum Gasteiger partial charge on any atom is -0.369 e. The molecule has 0 aromatic carbocycles. The Hall–Kier alpha value is -1.84. The standard InChI is InChI=1S/C8H7N3O/c9-8-10-4-5-6(11-8)2-1-3-7(5)12/h1-4H,(H3,9,10,11). The van der Waals surface area contributed by atoms with Crippen molar-refractivity contribution in [2.75, 3.05) is 5.73 Å². The fraction of sp³-hybridized carbons (Fsp3) is 0. The molecule has 1 aliphatic carbocycles. The molecule has 3 N–H and O–H groups in total. The Morgan fingerprint density at radius 1 is 1.42 bits per heavy atom. The van der Waals surface area contributed by atoms with Gasteiger partial charge in [0.15, 0.2) is 11.4 Å². The molecule has 2 rings (SSSR count). The Balaban J connectivity index is 2.86. The van der Waals surface area contributed by atoms with Crippen LogP contribution < -0.4 is 11.2 Å². The minimum atomic E-state index is -0.0451. The third kappa shape index (κ3) is 0.934. The minimum absolute atomic E-state index is 0.0451. The number of nitrogens with zero attached hydrogens (tertiary/aromatic N) is 1. The Kier molecular flexibility index (Phi) is 1.33. The molecule has 1 aliphatic heterocycles. The summed E-state index contributed by atoms with van der Waals surface area (Å²) in [7, 11) is 0. The first kappa shape index (κ1) is 6.84. The second-order valence-electron chi connectivity index (χ2n) is 2.49. The smallest absolute Gasteiger partial charge is 0.197 e. The van der Waals surface area contributed by atoms with Crippen LogP contribution in [0.4, 0.5) is 5.95 Å². The first-order valence-corrected chi connectivity index (χ1v) is 3.51. The number of nitrogens with one attached hydrogen (secondary N) is 1. The van der Waals surface area contributed by atoms with Gasteiger partial charge in [-0.25, -0.2) is 4.98 Å². The molecule has 2 aliphatic rings. The number of hydrogen-bond donors (Lipinski definition) is 2. The molecule has 0 aromatic heterocycles. The molecule has 1 heterocycles. The van der Waals surface area contributed by atoms with E-state index >= 15 is 0 Å². The molecule has 0 saturated heterocycles. The average molecular weight is 161 g/mol. The molecule has 0 amide bonds. The average Bonchev–Trinajstić information content (AvgIpc) is 2.04. The van der Waals surface area contributed by atoms with Gasteiger partial charge in [0.1, 0.15) is 0 Å². The van der Waals surface area contributed by atoms with Crippen LogP contribution >= 0.6 is 0 Å². The van der Waals surface area contributed by atoms with Gasteiger partial charge in [-0.3, -0.25) is 4.79 Å². The summed E-state index contributed by atoms with van der Waals surface area (Å²) in [5.74, 6) is 0.313. The molecule has 0 bridgehead atoms. The van der Waals surface area contributed by atoms with Gasteiger partial charge in [0, 0.05) is 6.20 Å². The van der Waals surface area contributed by atoms with Crippen molar-refractivity contribution in [1.82, 2.24) is 9.97 Å². The van der Waals surface area contributed by atoms with Crippen molar-refractivity contribution in [2.24, 2.45) is 0 Å². The van der Waals surface area contributed by atoms with Crippen molar-refractivity contribution in [3.05, 3.63) is 34.6 Å². The van der Waals surface area contributed by atoms with Crippen LogP contribution in [0.1, 0.15) is 0 Å². The third-order valence-electron chi connectivity index (χ3n) is 1.66. The molecule has 0 fully saturated rings. The fourth-order valence-electron chi connectivity index (χ4n) is 1.09. The van der Waals surface area contributed by atoms with E-state index in [0.717, 1.165) is 5.69 Å². The van der Waals surface area contributed by atoms with Crippen molar-refractivity contribution >= 4 is 5.95 Å². The number of hydrogen-bond acceptors (Lipinski definition) is 3. The van der Waals surface area contributed by atoms with Gasteiger partial charge in [-0.1, -0.05) is 6.07 Å². The Morgan fingerprint density at radius 3 is 3.08 bits per heavy atom. The van der Waals surface area contributed by atoms with E-state index in [1.807, 2.05) is 0 Å². The normalized spacial score (nSPS) is 10.3. The van der Waals surface area contributed by atoms with E-state index < -0.39 is 0 Å².